The molecular weight excluding hydrogens is 388 g/mol. The molecule has 1 saturated heterocycles. The Bertz CT molecular complexity index is 1170. The van der Waals surface area contributed by atoms with E-state index in [0.29, 0.717) is 11.7 Å². The van der Waals surface area contributed by atoms with Gasteiger partial charge in [-0.25, -0.2) is 5.10 Å². The molecule has 0 radical (unpaired) electrons. The van der Waals surface area contributed by atoms with E-state index in [1.165, 1.54) is 57.2 Å². The predicted molar refractivity (Wildman–Crippen MR) is 118 cm³/mol. The molecule has 0 amide bonds. The average molecular weight is 415 g/mol. The van der Waals surface area contributed by atoms with Gasteiger partial charge in [-0.1, -0.05) is 36.2 Å². The molecule has 2 aromatic carbocycles. The molecule has 3 heterocycles. The van der Waals surface area contributed by atoms with Gasteiger partial charge in [-0.3, -0.25) is 0 Å². The molecule has 31 heavy (non-hydrogen) atoms. The number of likely N-dealkylation sites (tertiary alicyclic amines) is 1. The Labute approximate surface area is 180 Å². The number of benzene rings is 2. The smallest absolute Gasteiger partial charge is 0.179 e. The van der Waals surface area contributed by atoms with E-state index in [1.807, 2.05) is 18.2 Å². The van der Waals surface area contributed by atoms with E-state index in [4.69, 9.17) is 4.52 Å². The first-order valence-electron chi connectivity index (χ1n) is 11.3. The van der Waals surface area contributed by atoms with E-state index in [0.717, 1.165) is 33.8 Å². The number of aromatic nitrogens is 5. The quantitative estimate of drug-likeness (QED) is 0.517. The summed E-state index contributed by atoms with van der Waals surface area (Å²) in [6, 6.07) is 15.6. The molecule has 1 aliphatic heterocycles. The van der Waals surface area contributed by atoms with Crippen LogP contribution in [0.3, 0.4) is 0 Å². The Kier molecular flexibility index (Phi) is 4.76. The van der Waals surface area contributed by atoms with Crippen molar-refractivity contribution in [3.8, 4) is 22.7 Å². The van der Waals surface area contributed by atoms with Crippen molar-refractivity contribution in [1.82, 2.24) is 30.7 Å². The fourth-order valence-corrected chi connectivity index (χ4v) is 5.38. The van der Waals surface area contributed by atoms with Gasteiger partial charge in [-0.2, -0.15) is 0 Å². The van der Waals surface area contributed by atoms with Crippen LogP contribution in [0.15, 0.2) is 47.0 Å². The van der Waals surface area contributed by atoms with Crippen LogP contribution in [0.4, 0.5) is 0 Å². The molecule has 7 heteroatoms. The molecule has 2 aromatic heterocycles. The van der Waals surface area contributed by atoms with Crippen LogP contribution in [-0.4, -0.2) is 49.8 Å². The number of rotatable bonds is 4. The second-order valence-corrected chi connectivity index (χ2v) is 8.87. The van der Waals surface area contributed by atoms with Crippen molar-refractivity contribution in [2.24, 2.45) is 0 Å². The Balaban J connectivity index is 1.26. The van der Waals surface area contributed by atoms with Crippen LogP contribution < -0.4 is 0 Å². The minimum atomic E-state index is 0.614. The molecule has 0 atom stereocenters. The van der Waals surface area contributed by atoms with Crippen LogP contribution in [0, 0.1) is 0 Å². The Morgan fingerprint density at radius 2 is 1.81 bits per heavy atom. The molecule has 4 aromatic rings. The van der Waals surface area contributed by atoms with Crippen LogP contribution in [0.2, 0.25) is 0 Å². The van der Waals surface area contributed by atoms with Gasteiger partial charge in [0, 0.05) is 17.2 Å². The number of nitrogens with one attached hydrogen (secondary N) is 1. The van der Waals surface area contributed by atoms with Crippen molar-refractivity contribution in [2.45, 2.75) is 50.5 Å². The van der Waals surface area contributed by atoms with E-state index in [-0.39, 0.29) is 0 Å². The van der Waals surface area contributed by atoms with Gasteiger partial charge in [-0.15, -0.1) is 5.10 Å². The summed E-state index contributed by atoms with van der Waals surface area (Å²) < 4.78 is 5.78. The number of hydrogen-bond donors (Lipinski definition) is 1. The van der Waals surface area contributed by atoms with Gasteiger partial charge in [0.1, 0.15) is 5.52 Å². The number of fused-ring (bicyclic) bond motifs is 1. The fourth-order valence-electron chi connectivity index (χ4n) is 5.38. The van der Waals surface area contributed by atoms with Crippen LogP contribution in [0.1, 0.15) is 50.0 Å². The SMILES string of the molecule is c1cc(-c2onc3ccc(-c4nnn[nH]4)cc23)cc(C2CCN(C3CCCC3)CC2)c1. The first-order chi connectivity index (χ1) is 15.3. The largest absolute Gasteiger partial charge is 0.355 e. The second kappa shape index (κ2) is 7.89. The van der Waals surface area contributed by atoms with Gasteiger partial charge in [0.05, 0.1) is 5.39 Å². The Morgan fingerprint density at radius 3 is 2.61 bits per heavy atom. The van der Waals surface area contributed by atoms with E-state index in [1.54, 1.807) is 0 Å². The maximum absolute atomic E-state index is 5.78. The van der Waals surface area contributed by atoms with Gasteiger partial charge in [0.25, 0.3) is 0 Å². The lowest BCUT2D eigenvalue weighted by Crippen LogP contribution is -2.39. The molecule has 0 unspecified atom stereocenters. The highest BCUT2D eigenvalue weighted by Crippen LogP contribution is 2.36. The summed E-state index contributed by atoms with van der Waals surface area (Å²) in [5, 5.41) is 19.4. The Hall–Kier alpha value is -3.06. The highest BCUT2D eigenvalue weighted by molar-refractivity contribution is 5.94. The maximum atomic E-state index is 5.78. The standard InChI is InChI=1S/C24H26N6O/c1-2-7-20(6-1)30-12-10-16(11-13-30)17-4-3-5-18(14-17)23-21-15-19(24-25-28-29-26-24)8-9-22(21)27-31-23/h3-5,8-9,14-16,20H,1-2,6-7,10-13H2,(H,25,26,28,29). The van der Waals surface area contributed by atoms with Gasteiger partial charge in [-0.05, 0) is 84.9 Å². The zero-order valence-electron chi connectivity index (χ0n) is 17.5. The zero-order valence-corrected chi connectivity index (χ0v) is 17.5. The molecular formula is C24H26N6O. The molecule has 1 N–H and O–H groups in total. The third-order valence-electron chi connectivity index (χ3n) is 7.09. The summed E-state index contributed by atoms with van der Waals surface area (Å²) in [5.74, 6) is 2.05. The zero-order chi connectivity index (χ0) is 20.6. The third kappa shape index (κ3) is 3.53. The van der Waals surface area contributed by atoms with Crippen molar-refractivity contribution in [1.29, 1.82) is 0 Å². The number of hydrogen-bond acceptors (Lipinski definition) is 6. The highest BCUT2D eigenvalue weighted by Gasteiger charge is 2.28. The van der Waals surface area contributed by atoms with Gasteiger partial charge < -0.3 is 9.42 Å². The topological polar surface area (TPSA) is 83.7 Å². The average Bonchev–Trinajstić information content (AvgIpc) is 3.61. The number of piperidine rings is 1. The minimum absolute atomic E-state index is 0.614. The molecule has 2 fully saturated rings. The first-order valence-corrected chi connectivity index (χ1v) is 11.3. The summed E-state index contributed by atoms with van der Waals surface area (Å²) >= 11 is 0. The number of aromatic amines is 1. The maximum Gasteiger partial charge on any atom is 0.179 e. The van der Waals surface area contributed by atoms with Gasteiger partial charge in [0.2, 0.25) is 0 Å². The van der Waals surface area contributed by atoms with Crippen molar-refractivity contribution in [3.63, 3.8) is 0 Å². The molecule has 6 rings (SSSR count). The van der Waals surface area contributed by atoms with E-state index >= 15 is 0 Å². The predicted octanol–water partition coefficient (Wildman–Crippen LogP) is 4.80. The van der Waals surface area contributed by atoms with Gasteiger partial charge in [0.15, 0.2) is 11.6 Å². The molecule has 1 aliphatic carbocycles. The van der Waals surface area contributed by atoms with Crippen molar-refractivity contribution in [3.05, 3.63) is 48.0 Å². The van der Waals surface area contributed by atoms with Gasteiger partial charge >= 0.3 is 0 Å². The lowest BCUT2D eigenvalue weighted by Gasteiger charge is -2.36. The summed E-state index contributed by atoms with van der Waals surface area (Å²) in [6.07, 6.45) is 8.08. The number of tetrazole rings is 1. The Morgan fingerprint density at radius 1 is 0.935 bits per heavy atom. The summed E-state index contributed by atoms with van der Waals surface area (Å²) in [6.45, 7) is 2.44. The second-order valence-electron chi connectivity index (χ2n) is 8.87. The molecule has 158 valence electrons. The summed E-state index contributed by atoms with van der Waals surface area (Å²) in [4.78, 5) is 2.73. The summed E-state index contributed by atoms with van der Waals surface area (Å²) in [5.41, 5.74) is 4.23. The molecule has 0 bridgehead atoms. The molecule has 2 aliphatic rings. The van der Waals surface area contributed by atoms with Crippen LogP contribution in [-0.2, 0) is 0 Å². The lowest BCUT2D eigenvalue weighted by molar-refractivity contribution is 0.154. The highest BCUT2D eigenvalue weighted by atomic mass is 16.5. The van der Waals surface area contributed by atoms with E-state index in [9.17, 15) is 0 Å². The van der Waals surface area contributed by atoms with E-state index in [2.05, 4.69) is 54.9 Å². The molecule has 1 saturated carbocycles. The van der Waals surface area contributed by atoms with Crippen molar-refractivity contribution in [2.75, 3.05) is 13.1 Å². The fraction of sp³-hybridized carbons (Fsp3) is 0.417. The van der Waals surface area contributed by atoms with E-state index < -0.39 is 0 Å². The normalized spacial score (nSPS) is 18.8. The minimum Gasteiger partial charge on any atom is -0.355 e. The first kappa shape index (κ1) is 18.7. The number of nitrogens with zero attached hydrogens (tertiary/aromatic N) is 5. The van der Waals surface area contributed by atoms with Crippen LogP contribution >= 0.6 is 0 Å². The van der Waals surface area contributed by atoms with Crippen molar-refractivity contribution >= 4 is 10.9 Å². The third-order valence-corrected chi connectivity index (χ3v) is 7.09. The number of H-pyrrole nitrogens is 1. The lowest BCUT2D eigenvalue weighted by atomic mass is 9.87. The summed E-state index contributed by atoms with van der Waals surface area (Å²) in [7, 11) is 0. The van der Waals surface area contributed by atoms with Crippen LogP contribution in [0.5, 0.6) is 0 Å². The van der Waals surface area contributed by atoms with Crippen molar-refractivity contribution < 1.29 is 4.52 Å². The molecule has 7 nitrogen and oxygen atoms in total. The molecule has 0 spiro atoms. The monoisotopic (exact) mass is 414 g/mol. The van der Waals surface area contributed by atoms with Crippen LogP contribution in [0.25, 0.3) is 33.6 Å².